The van der Waals surface area contributed by atoms with Gasteiger partial charge in [-0.15, -0.1) is 0 Å². The van der Waals surface area contributed by atoms with Crippen LogP contribution in [0.3, 0.4) is 0 Å². The zero-order chi connectivity index (χ0) is 46.2. The lowest BCUT2D eigenvalue weighted by Crippen LogP contribution is -2.49. The maximum atomic E-state index is 3.08. The van der Waals surface area contributed by atoms with Crippen LogP contribution in [0, 0.1) is 37.5 Å². The Kier molecular flexibility index (Phi) is 11.5. The molecule has 0 heterocycles. The van der Waals surface area contributed by atoms with Crippen molar-refractivity contribution in [3.8, 4) is 0 Å². The van der Waals surface area contributed by atoms with Crippen LogP contribution < -0.4 is 20.2 Å². The molecule has 2 fully saturated rings. The highest BCUT2D eigenvalue weighted by atomic mass is 15.2. The summed E-state index contributed by atoms with van der Waals surface area (Å²) >= 11 is 0. The predicted molar refractivity (Wildman–Crippen MR) is 290 cm³/mol. The summed E-state index contributed by atoms with van der Waals surface area (Å²) < 4.78 is 0. The van der Waals surface area contributed by atoms with Crippen molar-refractivity contribution >= 4 is 45.2 Å². The molecule has 5 aromatic rings. The first kappa shape index (κ1) is 43.9. The monoisotopic (exact) mass is 895 g/mol. The molecule has 12 rings (SSSR count). The van der Waals surface area contributed by atoms with Crippen LogP contribution in [0.15, 0.2) is 126 Å². The lowest BCUT2D eigenvalue weighted by Gasteiger charge is -2.46. The van der Waals surface area contributed by atoms with Crippen LogP contribution in [0.25, 0.3) is 28.1 Å². The van der Waals surface area contributed by atoms with Gasteiger partial charge in [-0.25, -0.2) is 0 Å². The van der Waals surface area contributed by atoms with E-state index in [0.29, 0.717) is 29.8 Å². The second-order valence-electron chi connectivity index (χ2n) is 23.1. The van der Waals surface area contributed by atoms with Gasteiger partial charge in [0.1, 0.15) is 0 Å². The molecule has 0 amide bonds. The fraction of sp³-hybridized carbons (Fsp3) is 0.424. The Morgan fingerprint density at radius 1 is 0.574 bits per heavy atom. The van der Waals surface area contributed by atoms with E-state index in [9.17, 15) is 0 Å². The zero-order valence-corrected chi connectivity index (χ0v) is 42.0. The van der Waals surface area contributed by atoms with Gasteiger partial charge in [0.25, 0.3) is 0 Å². The van der Waals surface area contributed by atoms with Gasteiger partial charge in [0, 0.05) is 46.0 Å². The largest absolute Gasteiger partial charge is 0.365 e. The third-order valence-corrected chi connectivity index (χ3v) is 18.2. The molecular weight excluding hydrogens is 821 g/mol. The quantitative estimate of drug-likeness (QED) is 0.153. The number of hydrogen-bond acceptors (Lipinski definition) is 2. The van der Waals surface area contributed by atoms with Gasteiger partial charge >= 0.3 is 0 Å². The second kappa shape index (κ2) is 17.9. The molecule has 0 spiro atoms. The highest BCUT2D eigenvalue weighted by Gasteiger charge is 2.39. The zero-order valence-electron chi connectivity index (χ0n) is 42.0. The van der Waals surface area contributed by atoms with E-state index in [2.05, 4.69) is 173 Å². The van der Waals surface area contributed by atoms with Gasteiger partial charge in [0.05, 0.1) is 0 Å². The van der Waals surface area contributed by atoms with Gasteiger partial charge in [-0.3, -0.25) is 0 Å². The van der Waals surface area contributed by atoms with Gasteiger partial charge in [-0.05, 0) is 226 Å². The minimum Gasteiger partial charge on any atom is -0.365 e. The van der Waals surface area contributed by atoms with E-state index in [4.69, 9.17) is 0 Å². The summed E-state index contributed by atoms with van der Waals surface area (Å²) in [5, 5.41) is 5.98. The van der Waals surface area contributed by atoms with Crippen LogP contribution in [0.4, 0.5) is 17.1 Å². The summed E-state index contributed by atoms with van der Waals surface area (Å²) in [6, 6.07) is 35.5. The molecule has 7 aliphatic carbocycles. The molecule has 0 saturated heterocycles. The van der Waals surface area contributed by atoms with Crippen molar-refractivity contribution < 1.29 is 0 Å². The molecule has 2 saturated carbocycles. The summed E-state index contributed by atoms with van der Waals surface area (Å²) in [6.45, 7) is 14.1. The fourth-order valence-electron chi connectivity index (χ4n) is 14.2. The number of aryl methyl sites for hydroxylation is 3. The van der Waals surface area contributed by atoms with Crippen molar-refractivity contribution in [2.24, 2.45) is 23.7 Å². The lowest BCUT2D eigenvalue weighted by molar-refractivity contribution is 0.277. The minimum absolute atomic E-state index is 0.359. The number of anilines is 3. The van der Waals surface area contributed by atoms with Crippen molar-refractivity contribution in [2.75, 3.05) is 9.80 Å². The average molecular weight is 895 g/mol. The highest BCUT2D eigenvalue weighted by Crippen LogP contribution is 2.50. The Morgan fingerprint density at radius 2 is 1.25 bits per heavy atom. The van der Waals surface area contributed by atoms with Crippen molar-refractivity contribution in [2.45, 2.75) is 155 Å². The molecule has 7 aliphatic rings. The molecule has 0 N–H and O–H groups in total. The van der Waals surface area contributed by atoms with Crippen LogP contribution in [-0.4, -0.2) is 12.1 Å². The third-order valence-electron chi connectivity index (χ3n) is 18.2. The van der Waals surface area contributed by atoms with E-state index >= 15 is 0 Å². The molecule has 5 aromatic carbocycles. The molecule has 68 heavy (non-hydrogen) atoms. The molecule has 2 nitrogen and oxygen atoms in total. The first-order chi connectivity index (χ1) is 33.1. The molecule has 0 aromatic heterocycles. The third kappa shape index (κ3) is 7.96. The molecular formula is C66H74N2. The smallest absolute Gasteiger partial charge is 0.0458 e. The first-order valence-corrected chi connectivity index (χ1v) is 27.1. The number of hydrogen-bond donors (Lipinski definition) is 0. The van der Waals surface area contributed by atoms with Crippen molar-refractivity contribution in [3.63, 3.8) is 0 Å². The van der Waals surface area contributed by atoms with Crippen LogP contribution in [-0.2, 0) is 12.8 Å². The fourth-order valence-corrected chi connectivity index (χ4v) is 14.2. The van der Waals surface area contributed by atoms with E-state index in [1.165, 1.54) is 148 Å². The van der Waals surface area contributed by atoms with Crippen molar-refractivity contribution in [1.29, 1.82) is 0 Å². The van der Waals surface area contributed by atoms with E-state index in [1.54, 1.807) is 22.1 Å². The summed E-state index contributed by atoms with van der Waals surface area (Å²) in [6.07, 6.45) is 32.6. The summed E-state index contributed by atoms with van der Waals surface area (Å²) in [4.78, 5) is 5.74. The maximum Gasteiger partial charge on any atom is 0.0458 e. The Morgan fingerprint density at radius 3 is 1.93 bits per heavy atom. The van der Waals surface area contributed by atoms with Crippen LogP contribution in [0.5, 0.6) is 0 Å². The Hall–Kier alpha value is -5.34. The van der Waals surface area contributed by atoms with Gasteiger partial charge < -0.3 is 9.80 Å². The average Bonchev–Trinajstić information content (AvgIpc) is 3.35. The normalized spacial score (nSPS) is 27.3. The number of rotatable bonds is 8. The van der Waals surface area contributed by atoms with E-state index in [1.807, 2.05) is 0 Å². The summed E-state index contributed by atoms with van der Waals surface area (Å²) in [5.41, 5.74) is 20.1. The molecule has 0 radical (unpaired) electrons. The first-order valence-electron chi connectivity index (χ1n) is 27.1. The molecule has 0 bridgehead atoms. The number of fused-ring (bicyclic) bond motifs is 2. The SMILES string of the molecule is CC1=CC2CC=C(c3cc(N(C4CCC(C)CC4)C4CCC(C)CC4)c4c5c6c(ccc35)=C(N(c3ccc(C)cc3)c3ccc(C)cc3)CC(c3ccc5c(c3)CCC(C)C5)C6CC=4)C=C2C=C1. The molecule has 0 aliphatic heterocycles. The van der Waals surface area contributed by atoms with E-state index in [0.717, 1.165) is 37.0 Å². The Bertz CT molecular complexity index is 2940. The van der Waals surface area contributed by atoms with E-state index < -0.39 is 0 Å². The van der Waals surface area contributed by atoms with E-state index in [-0.39, 0.29) is 0 Å². The molecule has 2 heteroatoms. The Labute approximate surface area is 407 Å². The standard InChI is InChI=1S/C66H74N2/c1-41-9-23-53(24-10-41)67(54-25-11-42(2)12-26-54)63-39-61(51-21-19-47-35-45(5)7-17-49(47)37-51)57-32-34-60-64(68(55-27-13-43(3)14-28-55)56-29-15-44(4)16-30-56)40-62(58-31-33-59(63)65(57)66(58)60)52-22-20-48-36-46(6)8-18-50(48)38-52/h7,13-17,20-22,27-30,32-35,37-39,41-42,46-47,53-54,58,62H,8-12,18-19,23-26,31,36,40H2,1-6H3. The summed E-state index contributed by atoms with van der Waals surface area (Å²) in [5.74, 6) is 3.62. The lowest BCUT2D eigenvalue weighted by atomic mass is 9.68. The van der Waals surface area contributed by atoms with Crippen LogP contribution >= 0.6 is 0 Å². The van der Waals surface area contributed by atoms with Gasteiger partial charge in [-0.2, -0.15) is 0 Å². The van der Waals surface area contributed by atoms with Crippen LogP contribution in [0.1, 0.15) is 156 Å². The molecule has 4 unspecified atom stereocenters. The van der Waals surface area contributed by atoms with Gasteiger partial charge in [0.2, 0.25) is 0 Å². The van der Waals surface area contributed by atoms with Crippen LogP contribution in [0.2, 0.25) is 0 Å². The van der Waals surface area contributed by atoms with Crippen molar-refractivity contribution in [3.05, 3.63) is 176 Å². The predicted octanol–water partition coefficient (Wildman–Crippen LogP) is 15.8. The number of allylic oxidation sites excluding steroid dienone is 8. The molecule has 348 valence electrons. The minimum atomic E-state index is 0.359. The van der Waals surface area contributed by atoms with Crippen molar-refractivity contribution in [1.82, 2.24) is 0 Å². The Balaban J connectivity index is 1.15. The van der Waals surface area contributed by atoms with Gasteiger partial charge in [-0.1, -0.05) is 129 Å². The highest BCUT2D eigenvalue weighted by molar-refractivity contribution is 6.03. The number of benzene rings is 5. The number of nitrogens with zero attached hydrogens (tertiary/aromatic N) is 2. The van der Waals surface area contributed by atoms with Gasteiger partial charge in [0.15, 0.2) is 0 Å². The summed E-state index contributed by atoms with van der Waals surface area (Å²) in [7, 11) is 0. The second-order valence-corrected chi connectivity index (χ2v) is 23.1. The maximum absolute atomic E-state index is 3.08. The topological polar surface area (TPSA) is 6.48 Å². The molecule has 4 atom stereocenters.